The van der Waals surface area contributed by atoms with E-state index in [1.807, 2.05) is 6.92 Å². The average molecular weight is 196 g/mol. The van der Waals surface area contributed by atoms with Crippen LogP contribution >= 0.6 is 0 Å². The number of rotatable bonds is 4. The molecule has 0 amide bonds. The number of benzene rings is 1. The third-order valence-corrected chi connectivity index (χ3v) is 1.68. The Hall–Kier alpha value is -1.71. The third kappa shape index (κ3) is 2.16. The Morgan fingerprint density at radius 3 is 2.79 bits per heavy atom. The molecule has 0 unspecified atom stereocenters. The summed E-state index contributed by atoms with van der Waals surface area (Å²) in [7, 11) is 0. The van der Waals surface area contributed by atoms with Crippen LogP contribution < -0.4 is 4.74 Å². The Kier molecular flexibility index (Phi) is 3.34. The van der Waals surface area contributed by atoms with Gasteiger partial charge in [-0.15, -0.1) is 0 Å². The number of hydrogen-bond acceptors (Lipinski definition) is 3. The molecule has 4 heteroatoms. The van der Waals surface area contributed by atoms with Crippen LogP contribution in [0.1, 0.15) is 23.7 Å². The maximum Gasteiger partial charge on any atom is 0.339 e. The predicted molar refractivity (Wildman–Crippen MR) is 50.9 cm³/mol. The largest absolute Gasteiger partial charge is 0.504 e. The van der Waals surface area contributed by atoms with E-state index >= 15 is 0 Å². The summed E-state index contributed by atoms with van der Waals surface area (Å²) >= 11 is 0. The van der Waals surface area contributed by atoms with Gasteiger partial charge >= 0.3 is 5.97 Å². The molecule has 0 aromatic heterocycles. The molecule has 0 saturated heterocycles. The fraction of sp³-hybridized carbons (Fsp3) is 0.300. The minimum absolute atomic E-state index is 0.0153. The molecule has 76 valence electrons. The highest BCUT2D eigenvalue weighted by Gasteiger charge is 2.14. The highest BCUT2D eigenvalue weighted by Crippen LogP contribution is 2.29. The van der Waals surface area contributed by atoms with E-state index < -0.39 is 5.97 Å². The van der Waals surface area contributed by atoms with Crippen molar-refractivity contribution in [3.63, 3.8) is 0 Å². The molecule has 2 N–H and O–H groups in total. The first kappa shape index (κ1) is 10.4. The standard InChI is InChI=1S/C10H12O4/c1-2-6-14-9-7(10(12)13)4-3-5-8(9)11/h3-5,11H,2,6H2,1H3,(H,12,13). The Morgan fingerprint density at radius 2 is 2.21 bits per heavy atom. The molecule has 14 heavy (non-hydrogen) atoms. The lowest BCUT2D eigenvalue weighted by Crippen LogP contribution is -2.03. The van der Waals surface area contributed by atoms with Crippen molar-refractivity contribution in [2.45, 2.75) is 13.3 Å². The van der Waals surface area contributed by atoms with Crippen molar-refractivity contribution in [3.05, 3.63) is 23.8 Å². The smallest absolute Gasteiger partial charge is 0.339 e. The fourth-order valence-corrected chi connectivity index (χ4v) is 1.05. The number of carboxylic acid groups (broad SMARTS) is 1. The van der Waals surface area contributed by atoms with E-state index in [1.165, 1.54) is 18.2 Å². The average Bonchev–Trinajstić information content (AvgIpc) is 2.15. The van der Waals surface area contributed by atoms with E-state index in [-0.39, 0.29) is 17.1 Å². The normalized spacial score (nSPS) is 9.79. The molecule has 0 saturated carbocycles. The zero-order valence-electron chi connectivity index (χ0n) is 7.86. The Morgan fingerprint density at radius 1 is 1.50 bits per heavy atom. The van der Waals surface area contributed by atoms with Gasteiger partial charge in [0.1, 0.15) is 5.56 Å². The molecule has 0 heterocycles. The van der Waals surface area contributed by atoms with Gasteiger partial charge in [0.15, 0.2) is 11.5 Å². The number of phenolic OH excluding ortho intramolecular Hbond substituents is 1. The van der Waals surface area contributed by atoms with Crippen LogP contribution in [0.5, 0.6) is 11.5 Å². The van der Waals surface area contributed by atoms with Gasteiger partial charge in [0.25, 0.3) is 0 Å². The van der Waals surface area contributed by atoms with Gasteiger partial charge in [-0.2, -0.15) is 0 Å². The Labute approximate surface area is 81.8 Å². The number of carbonyl (C=O) groups is 1. The van der Waals surface area contributed by atoms with Crippen molar-refractivity contribution in [2.75, 3.05) is 6.61 Å². The summed E-state index contributed by atoms with van der Waals surface area (Å²) < 4.78 is 5.15. The van der Waals surface area contributed by atoms with Crippen LogP contribution in [0, 0.1) is 0 Å². The van der Waals surface area contributed by atoms with E-state index in [2.05, 4.69) is 0 Å². The topological polar surface area (TPSA) is 66.8 Å². The van der Waals surface area contributed by atoms with Crippen LogP contribution in [0.2, 0.25) is 0 Å². The van der Waals surface area contributed by atoms with Gasteiger partial charge in [-0.05, 0) is 18.6 Å². The predicted octanol–water partition coefficient (Wildman–Crippen LogP) is 1.88. The lowest BCUT2D eigenvalue weighted by molar-refractivity contribution is 0.0691. The van der Waals surface area contributed by atoms with Crippen LogP contribution in [-0.2, 0) is 0 Å². The number of phenols is 1. The lowest BCUT2D eigenvalue weighted by Gasteiger charge is -2.09. The first-order valence-corrected chi connectivity index (χ1v) is 4.35. The number of hydrogen-bond donors (Lipinski definition) is 2. The highest BCUT2D eigenvalue weighted by atomic mass is 16.5. The lowest BCUT2D eigenvalue weighted by atomic mass is 10.2. The number of carboxylic acids is 1. The van der Waals surface area contributed by atoms with Crippen LogP contribution in [-0.4, -0.2) is 22.8 Å². The molecular formula is C10H12O4. The minimum Gasteiger partial charge on any atom is -0.504 e. The van der Waals surface area contributed by atoms with Crippen LogP contribution in [0.25, 0.3) is 0 Å². The summed E-state index contributed by atoms with van der Waals surface area (Å²) in [4.78, 5) is 10.7. The SMILES string of the molecule is CCCOc1c(O)cccc1C(=O)O. The second kappa shape index (κ2) is 4.50. The van der Waals surface area contributed by atoms with Crippen molar-refractivity contribution >= 4 is 5.97 Å². The number of para-hydroxylation sites is 1. The molecule has 0 spiro atoms. The van der Waals surface area contributed by atoms with Gasteiger partial charge < -0.3 is 14.9 Å². The summed E-state index contributed by atoms with van der Waals surface area (Å²) in [5, 5.41) is 18.2. The van der Waals surface area contributed by atoms with Crippen molar-refractivity contribution < 1.29 is 19.7 Å². The van der Waals surface area contributed by atoms with Gasteiger partial charge in [0, 0.05) is 0 Å². The zero-order valence-corrected chi connectivity index (χ0v) is 7.86. The van der Waals surface area contributed by atoms with E-state index in [0.29, 0.717) is 6.61 Å². The third-order valence-electron chi connectivity index (χ3n) is 1.68. The number of ether oxygens (including phenoxy) is 1. The second-order valence-corrected chi connectivity index (χ2v) is 2.81. The quantitative estimate of drug-likeness (QED) is 0.771. The van der Waals surface area contributed by atoms with E-state index in [9.17, 15) is 9.90 Å². The van der Waals surface area contributed by atoms with E-state index in [1.54, 1.807) is 0 Å². The molecule has 0 radical (unpaired) electrons. The summed E-state index contributed by atoms with van der Waals surface area (Å²) in [6.45, 7) is 2.29. The summed E-state index contributed by atoms with van der Waals surface area (Å²) in [5.41, 5.74) is -0.0153. The van der Waals surface area contributed by atoms with Gasteiger partial charge in [0.05, 0.1) is 6.61 Å². The maximum atomic E-state index is 10.7. The zero-order chi connectivity index (χ0) is 10.6. The molecule has 1 rings (SSSR count). The molecule has 1 aromatic rings. The molecule has 0 aliphatic heterocycles. The molecule has 0 aliphatic rings. The first-order valence-electron chi connectivity index (χ1n) is 4.35. The molecule has 0 bridgehead atoms. The number of aromatic carboxylic acids is 1. The van der Waals surface area contributed by atoms with Crippen LogP contribution in [0.15, 0.2) is 18.2 Å². The molecule has 0 fully saturated rings. The van der Waals surface area contributed by atoms with Crippen molar-refractivity contribution in [1.82, 2.24) is 0 Å². The van der Waals surface area contributed by atoms with Crippen molar-refractivity contribution in [3.8, 4) is 11.5 Å². The fourth-order valence-electron chi connectivity index (χ4n) is 1.05. The summed E-state index contributed by atoms with van der Waals surface area (Å²) in [6.07, 6.45) is 0.757. The van der Waals surface area contributed by atoms with Gasteiger partial charge in [0.2, 0.25) is 0 Å². The van der Waals surface area contributed by atoms with E-state index in [4.69, 9.17) is 9.84 Å². The molecular weight excluding hydrogens is 184 g/mol. The van der Waals surface area contributed by atoms with Crippen LogP contribution in [0.3, 0.4) is 0 Å². The Bertz CT molecular complexity index is 333. The van der Waals surface area contributed by atoms with Gasteiger partial charge in [-0.1, -0.05) is 13.0 Å². The van der Waals surface area contributed by atoms with Crippen LogP contribution in [0.4, 0.5) is 0 Å². The maximum absolute atomic E-state index is 10.7. The summed E-state index contributed by atoms with van der Waals surface area (Å²) in [5.74, 6) is -1.20. The monoisotopic (exact) mass is 196 g/mol. The Balaban J connectivity index is 3.02. The van der Waals surface area contributed by atoms with E-state index in [0.717, 1.165) is 6.42 Å². The minimum atomic E-state index is -1.10. The van der Waals surface area contributed by atoms with Gasteiger partial charge in [-0.25, -0.2) is 4.79 Å². The van der Waals surface area contributed by atoms with Crippen molar-refractivity contribution in [2.24, 2.45) is 0 Å². The first-order chi connectivity index (χ1) is 6.66. The summed E-state index contributed by atoms with van der Waals surface area (Å²) in [6, 6.07) is 4.27. The molecule has 4 nitrogen and oxygen atoms in total. The van der Waals surface area contributed by atoms with Crippen molar-refractivity contribution in [1.29, 1.82) is 0 Å². The highest BCUT2D eigenvalue weighted by molar-refractivity contribution is 5.91. The molecule has 1 aromatic carbocycles. The van der Waals surface area contributed by atoms with Gasteiger partial charge in [-0.3, -0.25) is 0 Å². The second-order valence-electron chi connectivity index (χ2n) is 2.81. The molecule has 0 aliphatic carbocycles. The molecule has 0 atom stereocenters. The number of aromatic hydroxyl groups is 1.